The standard InChI is InChI=1S/C6H12O12S2/c7-1-2-4(17-19(10,11)12)3(8)5(6(9)16-2)18-20(13,14)15/h2-9H,1H2,(H,10,11,12)(H,13,14,15)/t2-,3+,4+,5-,6-/m1/s1. The number of rotatable bonds is 5. The largest absolute Gasteiger partial charge is 0.397 e. The fourth-order valence-corrected chi connectivity index (χ4v) is 2.57. The molecule has 0 bridgehead atoms. The van der Waals surface area contributed by atoms with Gasteiger partial charge in [0.15, 0.2) is 12.4 Å². The van der Waals surface area contributed by atoms with Crippen LogP contribution in [-0.2, 0) is 33.9 Å². The van der Waals surface area contributed by atoms with E-state index in [0.717, 1.165) is 0 Å². The lowest BCUT2D eigenvalue weighted by molar-refractivity contribution is -0.276. The third-order valence-electron chi connectivity index (χ3n) is 2.28. The van der Waals surface area contributed by atoms with Gasteiger partial charge in [-0.2, -0.15) is 16.8 Å². The number of hydrogen-bond donors (Lipinski definition) is 5. The second-order valence-electron chi connectivity index (χ2n) is 3.72. The van der Waals surface area contributed by atoms with Gasteiger partial charge < -0.3 is 20.1 Å². The molecule has 0 spiro atoms. The summed E-state index contributed by atoms with van der Waals surface area (Å²) in [4.78, 5) is 0. The second-order valence-corrected chi connectivity index (χ2v) is 5.81. The van der Waals surface area contributed by atoms with E-state index in [1.165, 1.54) is 0 Å². The maximum absolute atomic E-state index is 10.6. The van der Waals surface area contributed by atoms with E-state index < -0.39 is 58.1 Å². The molecule has 1 aliphatic rings. The van der Waals surface area contributed by atoms with Crippen molar-refractivity contribution in [2.75, 3.05) is 6.61 Å². The van der Waals surface area contributed by atoms with Gasteiger partial charge in [0.05, 0.1) is 6.61 Å². The zero-order valence-corrected chi connectivity index (χ0v) is 11.1. The molecule has 5 N–H and O–H groups in total. The highest BCUT2D eigenvalue weighted by atomic mass is 32.3. The second kappa shape index (κ2) is 6.14. The Morgan fingerprint density at radius 3 is 1.80 bits per heavy atom. The maximum Gasteiger partial charge on any atom is 0.397 e. The van der Waals surface area contributed by atoms with Crippen molar-refractivity contribution < 1.29 is 54.4 Å². The average Bonchev–Trinajstić information content (AvgIpc) is 2.25. The van der Waals surface area contributed by atoms with Crippen LogP contribution in [0.2, 0.25) is 0 Å². The minimum Gasteiger partial charge on any atom is -0.394 e. The summed E-state index contributed by atoms with van der Waals surface area (Å²) in [5.41, 5.74) is 0. The van der Waals surface area contributed by atoms with Crippen LogP contribution in [0, 0.1) is 0 Å². The summed E-state index contributed by atoms with van der Waals surface area (Å²) in [5, 5.41) is 27.9. The molecule has 14 heteroatoms. The van der Waals surface area contributed by atoms with Crippen LogP contribution in [0.5, 0.6) is 0 Å². The Hall–Kier alpha value is -0.420. The molecule has 1 aliphatic heterocycles. The van der Waals surface area contributed by atoms with Gasteiger partial charge >= 0.3 is 20.8 Å². The first kappa shape index (κ1) is 17.6. The summed E-state index contributed by atoms with van der Waals surface area (Å²) in [6.45, 7) is -0.938. The molecular weight excluding hydrogens is 328 g/mol. The molecule has 1 rings (SSSR count). The van der Waals surface area contributed by atoms with Crippen molar-refractivity contribution in [3.8, 4) is 0 Å². The van der Waals surface area contributed by atoms with E-state index in [4.69, 9.17) is 14.2 Å². The quantitative estimate of drug-likeness (QED) is 0.309. The van der Waals surface area contributed by atoms with Crippen LogP contribution in [-0.4, -0.2) is 78.6 Å². The smallest absolute Gasteiger partial charge is 0.394 e. The zero-order chi connectivity index (χ0) is 15.7. The molecule has 0 aromatic heterocycles. The van der Waals surface area contributed by atoms with Gasteiger partial charge in [0, 0.05) is 0 Å². The third-order valence-corrected chi connectivity index (χ3v) is 3.21. The van der Waals surface area contributed by atoms with Crippen molar-refractivity contribution >= 4 is 20.8 Å². The topological polar surface area (TPSA) is 197 Å². The fourth-order valence-electron chi connectivity index (χ4n) is 1.56. The predicted octanol–water partition coefficient (Wildman–Crippen LogP) is -3.57. The summed E-state index contributed by atoms with van der Waals surface area (Å²) in [6.07, 6.45) is -10.0. The van der Waals surface area contributed by atoms with Crippen LogP contribution in [0.3, 0.4) is 0 Å². The van der Waals surface area contributed by atoms with E-state index >= 15 is 0 Å². The molecule has 0 unspecified atom stereocenters. The number of aliphatic hydroxyl groups is 3. The fraction of sp³-hybridized carbons (Fsp3) is 1.00. The molecule has 0 aromatic rings. The summed E-state index contributed by atoms with van der Waals surface area (Å²) in [5.74, 6) is 0. The lowest BCUT2D eigenvalue weighted by Gasteiger charge is -2.39. The molecule has 1 heterocycles. The van der Waals surface area contributed by atoms with E-state index in [0.29, 0.717) is 0 Å². The van der Waals surface area contributed by atoms with Crippen molar-refractivity contribution in [1.82, 2.24) is 0 Å². The summed E-state index contributed by atoms with van der Waals surface area (Å²) < 4.78 is 71.7. The van der Waals surface area contributed by atoms with E-state index in [2.05, 4.69) is 13.1 Å². The highest BCUT2D eigenvalue weighted by Gasteiger charge is 2.49. The Balaban J connectivity index is 3.01. The van der Waals surface area contributed by atoms with Crippen LogP contribution in [0.15, 0.2) is 0 Å². The number of aliphatic hydroxyl groups excluding tert-OH is 3. The summed E-state index contributed by atoms with van der Waals surface area (Å²) >= 11 is 0. The molecule has 0 saturated carbocycles. The Bertz CT molecular complexity index is 524. The Kier molecular flexibility index (Phi) is 5.41. The van der Waals surface area contributed by atoms with Gasteiger partial charge in [0.2, 0.25) is 0 Å². The molecule has 20 heavy (non-hydrogen) atoms. The molecule has 0 radical (unpaired) electrons. The highest BCUT2D eigenvalue weighted by Crippen LogP contribution is 2.26. The van der Waals surface area contributed by atoms with Crippen molar-refractivity contribution in [3.63, 3.8) is 0 Å². The minimum absolute atomic E-state index is 0.938. The Labute approximate surface area is 113 Å². The van der Waals surface area contributed by atoms with Gasteiger partial charge in [0.25, 0.3) is 0 Å². The minimum atomic E-state index is -5.11. The van der Waals surface area contributed by atoms with Crippen LogP contribution in [0.25, 0.3) is 0 Å². The lowest BCUT2D eigenvalue weighted by Crippen LogP contribution is -2.60. The molecule has 0 aromatic carbocycles. The van der Waals surface area contributed by atoms with Gasteiger partial charge in [-0.25, -0.2) is 8.37 Å². The van der Waals surface area contributed by atoms with Crippen LogP contribution in [0.1, 0.15) is 0 Å². The maximum atomic E-state index is 10.6. The monoisotopic (exact) mass is 340 g/mol. The highest BCUT2D eigenvalue weighted by molar-refractivity contribution is 7.81. The molecule has 0 aliphatic carbocycles. The molecular formula is C6H12O12S2. The molecule has 120 valence electrons. The van der Waals surface area contributed by atoms with Gasteiger partial charge in [0.1, 0.15) is 18.3 Å². The first-order chi connectivity index (χ1) is 8.94. The van der Waals surface area contributed by atoms with Crippen molar-refractivity contribution in [3.05, 3.63) is 0 Å². The summed E-state index contributed by atoms with van der Waals surface area (Å²) in [7, 11) is -10.2. The van der Waals surface area contributed by atoms with Crippen molar-refractivity contribution in [1.29, 1.82) is 0 Å². The number of hydrogen-bond acceptors (Lipinski definition) is 10. The molecule has 0 amide bonds. The molecule has 5 atom stereocenters. The van der Waals surface area contributed by atoms with E-state index in [1.54, 1.807) is 0 Å². The first-order valence-corrected chi connectivity index (χ1v) is 7.61. The first-order valence-electron chi connectivity index (χ1n) is 4.88. The van der Waals surface area contributed by atoms with Crippen LogP contribution < -0.4 is 0 Å². The van der Waals surface area contributed by atoms with Crippen LogP contribution in [0.4, 0.5) is 0 Å². The zero-order valence-electron chi connectivity index (χ0n) is 9.50. The van der Waals surface area contributed by atoms with E-state index in [1.807, 2.05) is 0 Å². The summed E-state index contributed by atoms with van der Waals surface area (Å²) in [6, 6.07) is 0. The number of ether oxygens (including phenoxy) is 1. The Morgan fingerprint density at radius 1 is 0.950 bits per heavy atom. The third kappa shape index (κ3) is 4.85. The van der Waals surface area contributed by atoms with Crippen molar-refractivity contribution in [2.45, 2.75) is 30.7 Å². The lowest BCUT2D eigenvalue weighted by atomic mass is 9.99. The van der Waals surface area contributed by atoms with Gasteiger partial charge in [-0.15, -0.1) is 0 Å². The average molecular weight is 340 g/mol. The predicted molar refractivity (Wildman–Crippen MR) is 56.8 cm³/mol. The van der Waals surface area contributed by atoms with Crippen molar-refractivity contribution in [2.24, 2.45) is 0 Å². The molecule has 1 saturated heterocycles. The van der Waals surface area contributed by atoms with Gasteiger partial charge in [-0.1, -0.05) is 0 Å². The normalized spacial score (nSPS) is 36.0. The molecule has 12 nitrogen and oxygen atoms in total. The van der Waals surface area contributed by atoms with E-state index in [-0.39, 0.29) is 0 Å². The molecule has 1 fully saturated rings. The SMILES string of the molecule is O=S(=O)(O)O[C@@H]1[C@@H](O)[C@@H](OS(=O)(=O)O)[C@@H](CO)O[C@H]1O. The van der Waals surface area contributed by atoms with Gasteiger partial charge in [-0.3, -0.25) is 9.11 Å². The van der Waals surface area contributed by atoms with E-state index in [9.17, 15) is 27.0 Å². The van der Waals surface area contributed by atoms with Crippen LogP contribution >= 0.6 is 0 Å². The van der Waals surface area contributed by atoms with Gasteiger partial charge in [-0.05, 0) is 0 Å². The Morgan fingerprint density at radius 2 is 1.40 bits per heavy atom.